The van der Waals surface area contributed by atoms with Crippen molar-refractivity contribution in [1.29, 1.82) is 5.26 Å². The van der Waals surface area contributed by atoms with E-state index in [1.807, 2.05) is 36.1 Å². The lowest BCUT2D eigenvalue weighted by molar-refractivity contribution is -0.117. The van der Waals surface area contributed by atoms with Crippen LogP contribution in [0.2, 0.25) is 0 Å². The van der Waals surface area contributed by atoms with Crippen molar-refractivity contribution in [1.82, 2.24) is 15.1 Å². The van der Waals surface area contributed by atoms with E-state index >= 15 is 0 Å². The molecule has 1 aromatic carbocycles. The Hall–Kier alpha value is -3.09. The summed E-state index contributed by atoms with van der Waals surface area (Å²) in [4.78, 5) is 15.4. The van der Waals surface area contributed by atoms with Crippen LogP contribution in [0.3, 0.4) is 0 Å². The second-order valence-electron chi connectivity index (χ2n) is 6.18. The Balaban J connectivity index is 1.62. The number of nitrogens with zero attached hydrogens (tertiary/aromatic N) is 4. The largest absolute Gasteiger partial charge is 0.459 e. The minimum Gasteiger partial charge on any atom is -0.459 e. The molecule has 3 rings (SSSR count). The van der Waals surface area contributed by atoms with Crippen LogP contribution in [0.5, 0.6) is 0 Å². The van der Waals surface area contributed by atoms with E-state index in [-0.39, 0.29) is 12.5 Å². The number of para-hydroxylation sites is 1. The second kappa shape index (κ2) is 10.5. The summed E-state index contributed by atoms with van der Waals surface area (Å²) in [5, 5.41) is 19.8. The minimum atomic E-state index is -0.144. The maximum absolute atomic E-state index is 12.6. The fourth-order valence-electron chi connectivity index (χ4n) is 2.74. The molecule has 8 nitrogen and oxygen atoms in total. The molecule has 0 radical (unpaired) electrons. The Kier molecular flexibility index (Phi) is 7.44. The molecule has 2 heterocycles. The third-order valence-electron chi connectivity index (χ3n) is 3.92. The zero-order valence-corrected chi connectivity index (χ0v) is 16.8. The number of carbonyl (C=O) groups excluding carboxylic acids is 1. The number of hydrogen-bond donors (Lipinski definition) is 1. The Bertz CT molecular complexity index is 965. The van der Waals surface area contributed by atoms with Gasteiger partial charge in [-0.3, -0.25) is 9.69 Å². The fourth-order valence-corrected chi connectivity index (χ4v) is 3.41. The summed E-state index contributed by atoms with van der Waals surface area (Å²) in [6, 6.07) is 13.0. The van der Waals surface area contributed by atoms with Gasteiger partial charge < -0.3 is 14.2 Å². The first-order chi connectivity index (χ1) is 14.2. The van der Waals surface area contributed by atoms with Gasteiger partial charge in [0.2, 0.25) is 11.8 Å². The molecule has 3 aromatic rings. The van der Waals surface area contributed by atoms with Crippen molar-refractivity contribution in [2.45, 2.75) is 24.8 Å². The summed E-state index contributed by atoms with van der Waals surface area (Å²) in [5.74, 6) is 1.42. The van der Waals surface area contributed by atoms with Gasteiger partial charge >= 0.3 is 0 Å². The standard InChI is InChI=1S/C20H21N5O3S/c1-2-10-25(14-19-23-24-20(28-19)16-7-5-11-27-16)13-18(26)22-15-6-3-4-8-17(15)29-12-9-21/h3-8,11H,2,10,12-14H2,1H3,(H,22,26). The molecule has 150 valence electrons. The van der Waals surface area contributed by atoms with Crippen molar-refractivity contribution < 1.29 is 13.6 Å². The number of carbonyl (C=O) groups is 1. The molecular formula is C20H21N5O3S. The van der Waals surface area contributed by atoms with E-state index in [0.717, 1.165) is 11.3 Å². The third-order valence-corrected chi connectivity index (χ3v) is 4.86. The second-order valence-corrected chi connectivity index (χ2v) is 7.20. The lowest BCUT2D eigenvalue weighted by atomic mass is 10.3. The van der Waals surface area contributed by atoms with E-state index in [4.69, 9.17) is 14.1 Å². The van der Waals surface area contributed by atoms with Crippen LogP contribution < -0.4 is 5.32 Å². The first kappa shape index (κ1) is 20.6. The van der Waals surface area contributed by atoms with E-state index in [9.17, 15) is 4.79 Å². The molecule has 0 spiro atoms. The van der Waals surface area contributed by atoms with Gasteiger partial charge in [-0.1, -0.05) is 19.1 Å². The fraction of sp³-hybridized carbons (Fsp3) is 0.300. The zero-order chi connectivity index (χ0) is 20.5. The molecule has 0 saturated carbocycles. The average Bonchev–Trinajstić information content (AvgIpc) is 3.39. The molecule has 0 saturated heterocycles. The molecule has 0 fully saturated rings. The van der Waals surface area contributed by atoms with Gasteiger partial charge in [-0.05, 0) is 37.2 Å². The Morgan fingerprint density at radius 2 is 2.14 bits per heavy atom. The highest BCUT2D eigenvalue weighted by Crippen LogP contribution is 2.26. The lowest BCUT2D eigenvalue weighted by Gasteiger charge is -2.19. The number of hydrogen-bond acceptors (Lipinski definition) is 8. The first-order valence-corrected chi connectivity index (χ1v) is 10.2. The quantitative estimate of drug-likeness (QED) is 0.502. The van der Waals surface area contributed by atoms with E-state index in [1.165, 1.54) is 11.8 Å². The summed E-state index contributed by atoms with van der Waals surface area (Å²) >= 11 is 1.39. The van der Waals surface area contributed by atoms with Crippen LogP contribution in [0.1, 0.15) is 19.2 Å². The van der Waals surface area contributed by atoms with E-state index in [0.29, 0.717) is 42.1 Å². The minimum absolute atomic E-state index is 0.144. The summed E-state index contributed by atoms with van der Waals surface area (Å²) in [6.07, 6.45) is 2.42. The van der Waals surface area contributed by atoms with E-state index < -0.39 is 0 Å². The number of benzene rings is 1. The molecule has 0 aliphatic heterocycles. The topological polar surface area (TPSA) is 108 Å². The molecule has 0 aliphatic rings. The molecule has 29 heavy (non-hydrogen) atoms. The van der Waals surface area contributed by atoms with Crippen LogP contribution in [0.25, 0.3) is 11.7 Å². The van der Waals surface area contributed by atoms with Crippen LogP contribution in [0.4, 0.5) is 5.69 Å². The maximum atomic E-state index is 12.6. The number of nitriles is 1. The SMILES string of the molecule is CCCN(CC(=O)Nc1ccccc1SCC#N)Cc1nnc(-c2ccco2)o1. The van der Waals surface area contributed by atoms with Crippen LogP contribution in [0.15, 0.2) is 56.4 Å². The third kappa shape index (κ3) is 5.94. The van der Waals surface area contributed by atoms with Gasteiger partial charge in [0.1, 0.15) is 0 Å². The summed E-state index contributed by atoms with van der Waals surface area (Å²) in [6.45, 7) is 3.29. The number of thioether (sulfide) groups is 1. The van der Waals surface area contributed by atoms with E-state index in [1.54, 1.807) is 18.4 Å². The molecule has 1 N–H and O–H groups in total. The van der Waals surface area contributed by atoms with Gasteiger partial charge in [0.05, 0.1) is 36.9 Å². The predicted octanol–water partition coefficient (Wildman–Crippen LogP) is 3.80. The van der Waals surface area contributed by atoms with Gasteiger partial charge in [0, 0.05) is 4.90 Å². The molecule has 0 aliphatic carbocycles. The monoisotopic (exact) mass is 411 g/mol. The molecule has 1 amide bonds. The van der Waals surface area contributed by atoms with Crippen molar-refractivity contribution >= 4 is 23.4 Å². The summed E-state index contributed by atoms with van der Waals surface area (Å²) in [5.41, 5.74) is 0.701. The van der Waals surface area contributed by atoms with Gasteiger partial charge in [-0.2, -0.15) is 5.26 Å². The average molecular weight is 411 g/mol. The van der Waals surface area contributed by atoms with Gasteiger partial charge in [0.25, 0.3) is 5.89 Å². The van der Waals surface area contributed by atoms with E-state index in [2.05, 4.69) is 21.6 Å². The molecule has 0 atom stereocenters. The number of furan rings is 1. The highest BCUT2D eigenvalue weighted by Gasteiger charge is 2.17. The number of amides is 1. The smallest absolute Gasteiger partial charge is 0.283 e. The highest BCUT2D eigenvalue weighted by molar-refractivity contribution is 7.99. The molecular weight excluding hydrogens is 390 g/mol. The highest BCUT2D eigenvalue weighted by atomic mass is 32.2. The number of aromatic nitrogens is 2. The Morgan fingerprint density at radius 1 is 1.28 bits per heavy atom. The van der Waals surface area contributed by atoms with Crippen LogP contribution in [0, 0.1) is 11.3 Å². The molecule has 0 bridgehead atoms. The van der Waals surface area contributed by atoms with Crippen LogP contribution in [-0.4, -0.2) is 39.8 Å². The summed E-state index contributed by atoms with van der Waals surface area (Å²) in [7, 11) is 0. The normalized spacial score (nSPS) is 10.8. The number of anilines is 1. The maximum Gasteiger partial charge on any atom is 0.283 e. The molecule has 9 heteroatoms. The van der Waals surface area contributed by atoms with Crippen molar-refractivity contribution in [2.75, 3.05) is 24.2 Å². The molecule has 0 unspecified atom stereocenters. The Labute approximate surface area is 172 Å². The number of nitrogens with one attached hydrogen (secondary N) is 1. The van der Waals surface area contributed by atoms with Crippen molar-refractivity contribution in [3.63, 3.8) is 0 Å². The number of rotatable bonds is 10. The predicted molar refractivity (Wildman–Crippen MR) is 109 cm³/mol. The van der Waals surface area contributed by atoms with Crippen molar-refractivity contribution in [2.24, 2.45) is 0 Å². The van der Waals surface area contributed by atoms with Gasteiger partial charge in [-0.25, -0.2) is 0 Å². The van der Waals surface area contributed by atoms with Gasteiger partial charge in [-0.15, -0.1) is 22.0 Å². The Morgan fingerprint density at radius 3 is 2.90 bits per heavy atom. The van der Waals surface area contributed by atoms with Crippen LogP contribution >= 0.6 is 11.8 Å². The first-order valence-electron chi connectivity index (χ1n) is 9.16. The summed E-state index contributed by atoms with van der Waals surface area (Å²) < 4.78 is 10.9. The van der Waals surface area contributed by atoms with Gasteiger partial charge in [0.15, 0.2) is 5.76 Å². The van der Waals surface area contributed by atoms with Crippen LogP contribution in [-0.2, 0) is 11.3 Å². The zero-order valence-electron chi connectivity index (χ0n) is 16.0. The molecule has 2 aromatic heterocycles. The van der Waals surface area contributed by atoms with Crippen molar-refractivity contribution in [3.8, 4) is 17.7 Å². The lowest BCUT2D eigenvalue weighted by Crippen LogP contribution is -2.33. The van der Waals surface area contributed by atoms with Crippen molar-refractivity contribution in [3.05, 3.63) is 48.6 Å².